The van der Waals surface area contributed by atoms with Crippen LogP contribution in [0.15, 0.2) is 89.6 Å². The van der Waals surface area contributed by atoms with Crippen molar-refractivity contribution >= 4 is 40.8 Å². The van der Waals surface area contributed by atoms with Gasteiger partial charge in [0, 0.05) is 5.69 Å². The van der Waals surface area contributed by atoms with Crippen LogP contribution >= 0.6 is 11.6 Å². The van der Waals surface area contributed by atoms with Crippen molar-refractivity contribution in [2.45, 2.75) is 6.92 Å². The molecule has 7 heteroatoms. The molecule has 31 heavy (non-hydrogen) atoms. The van der Waals surface area contributed by atoms with E-state index in [2.05, 4.69) is 5.32 Å². The summed E-state index contributed by atoms with van der Waals surface area (Å²) in [5.74, 6) is -1.21. The molecule has 0 saturated carbocycles. The lowest BCUT2D eigenvalue weighted by Gasteiger charge is -2.15. The number of para-hydroxylation sites is 1. The number of carbonyl (C=O) groups excluding carboxylic acids is 3. The molecule has 4 rings (SSSR count). The molecular weight excluding hydrogens is 416 g/mol. The average molecular weight is 433 g/mol. The molecular formula is C24H17ClN2O4. The molecule has 1 aliphatic heterocycles. The summed E-state index contributed by atoms with van der Waals surface area (Å²) in [6.45, 7) is 1.87. The van der Waals surface area contributed by atoms with E-state index >= 15 is 0 Å². The highest BCUT2D eigenvalue weighted by Gasteiger charge is 2.38. The summed E-state index contributed by atoms with van der Waals surface area (Å²) in [6.07, 6.45) is 0. The van der Waals surface area contributed by atoms with Gasteiger partial charge in [0.2, 0.25) is 0 Å². The highest BCUT2D eigenvalue weighted by Crippen LogP contribution is 2.30. The third-order valence-electron chi connectivity index (χ3n) is 4.63. The van der Waals surface area contributed by atoms with E-state index in [-0.39, 0.29) is 10.7 Å². The van der Waals surface area contributed by atoms with Gasteiger partial charge in [0.05, 0.1) is 11.3 Å². The standard InChI is InChI=1S/C24H17ClN2O4/c1-15-6-5-7-18(14-15)27-22(28)20(25)21(23(27)29)26-17-12-10-16(11-13-17)24(30)31-19-8-3-2-4-9-19/h2-14,26H,1H3. The van der Waals surface area contributed by atoms with Gasteiger partial charge in [-0.05, 0) is 61.0 Å². The second-order valence-corrected chi connectivity index (χ2v) is 7.26. The fourth-order valence-electron chi connectivity index (χ4n) is 3.10. The topological polar surface area (TPSA) is 75.7 Å². The lowest BCUT2D eigenvalue weighted by atomic mass is 10.2. The van der Waals surface area contributed by atoms with Gasteiger partial charge in [-0.1, -0.05) is 41.9 Å². The summed E-state index contributed by atoms with van der Waals surface area (Å²) in [4.78, 5) is 38.7. The molecule has 0 saturated heterocycles. The van der Waals surface area contributed by atoms with Gasteiger partial charge in [-0.15, -0.1) is 0 Å². The van der Waals surface area contributed by atoms with E-state index in [0.29, 0.717) is 22.7 Å². The number of esters is 1. The Morgan fingerprint density at radius 3 is 2.29 bits per heavy atom. The summed E-state index contributed by atoms with van der Waals surface area (Å²) in [6, 6.07) is 22.1. The van der Waals surface area contributed by atoms with E-state index in [4.69, 9.17) is 16.3 Å². The molecule has 1 aliphatic rings. The summed E-state index contributed by atoms with van der Waals surface area (Å²) < 4.78 is 5.30. The predicted octanol–water partition coefficient (Wildman–Crippen LogP) is 4.65. The van der Waals surface area contributed by atoms with Gasteiger partial charge in [0.15, 0.2) is 0 Å². The summed E-state index contributed by atoms with van der Waals surface area (Å²) >= 11 is 6.16. The maximum absolute atomic E-state index is 12.8. The first-order valence-electron chi connectivity index (χ1n) is 9.43. The zero-order valence-electron chi connectivity index (χ0n) is 16.5. The molecule has 0 unspecified atom stereocenters. The Labute approximate surface area is 183 Å². The van der Waals surface area contributed by atoms with Crippen LogP contribution in [0.1, 0.15) is 15.9 Å². The van der Waals surface area contributed by atoms with Gasteiger partial charge in [0.1, 0.15) is 16.5 Å². The van der Waals surface area contributed by atoms with E-state index < -0.39 is 17.8 Å². The lowest BCUT2D eigenvalue weighted by Crippen LogP contribution is -2.32. The van der Waals surface area contributed by atoms with Crippen molar-refractivity contribution in [2.75, 3.05) is 10.2 Å². The van der Waals surface area contributed by atoms with Crippen molar-refractivity contribution in [3.8, 4) is 5.75 Å². The van der Waals surface area contributed by atoms with Gasteiger partial charge in [-0.3, -0.25) is 9.59 Å². The first kappa shape index (κ1) is 20.4. The molecule has 1 N–H and O–H groups in total. The normalized spacial score (nSPS) is 13.5. The first-order chi connectivity index (χ1) is 14.9. The van der Waals surface area contributed by atoms with Crippen molar-refractivity contribution < 1.29 is 19.1 Å². The van der Waals surface area contributed by atoms with Crippen LogP contribution in [-0.2, 0) is 9.59 Å². The highest BCUT2D eigenvalue weighted by atomic mass is 35.5. The molecule has 0 aromatic heterocycles. The highest BCUT2D eigenvalue weighted by molar-refractivity contribution is 6.53. The minimum atomic E-state index is -0.595. The van der Waals surface area contributed by atoms with Crippen LogP contribution in [0.4, 0.5) is 11.4 Å². The smallest absolute Gasteiger partial charge is 0.343 e. The first-order valence-corrected chi connectivity index (χ1v) is 9.81. The Morgan fingerprint density at radius 2 is 1.61 bits per heavy atom. The minimum absolute atomic E-state index is 0.0206. The lowest BCUT2D eigenvalue weighted by molar-refractivity contribution is -0.120. The number of hydrogen-bond donors (Lipinski definition) is 1. The SMILES string of the molecule is Cc1cccc(N2C(=O)C(Cl)=C(Nc3ccc(C(=O)Oc4ccccc4)cc3)C2=O)c1. The van der Waals surface area contributed by atoms with Crippen molar-refractivity contribution in [1.82, 2.24) is 0 Å². The number of carbonyl (C=O) groups is 3. The zero-order valence-corrected chi connectivity index (χ0v) is 17.2. The Hall–Kier alpha value is -3.90. The van der Waals surface area contributed by atoms with Crippen LogP contribution in [0, 0.1) is 6.92 Å². The second kappa shape index (κ2) is 8.45. The fourth-order valence-corrected chi connectivity index (χ4v) is 3.31. The van der Waals surface area contributed by atoms with Crippen molar-refractivity contribution in [3.63, 3.8) is 0 Å². The molecule has 0 radical (unpaired) electrons. The quantitative estimate of drug-likeness (QED) is 0.361. The van der Waals surface area contributed by atoms with E-state index in [9.17, 15) is 14.4 Å². The molecule has 0 spiro atoms. The molecule has 0 atom stereocenters. The van der Waals surface area contributed by atoms with Gasteiger partial charge >= 0.3 is 5.97 Å². The van der Waals surface area contributed by atoms with Crippen molar-refractivity contribution in [1.29, 1.82) is 0 Å². The number of hydrogen-bond acceptors (Lipinski definition) is 5. The third kappa shape index (κ3) is 4.20. The monoisotopic (exact) mass is 432 g/mol. The number of aryl methyl sites for hydroxylation is 1. The van der Waals surface area contributed by atoms with Crippen molar-refractivity contribution in [2.24, 2.45) is 0 Å². The van der Waals surface area contributed by atoms with Gasteiger partial charge < -0.3 is 10.1 Å². The second-order valence-electron chi connectivity index (χ2n) is 6.88. The summed E-state index contributed by atoms with van der Waals surface area (Å²) in [5.41, 5.74) is 2.17. The Kier molecular flexibility index (Phi) is 5.56. The van der Waals surface area contributed by atoms with Crippen LogP contribution < -0.4 is 15.0 Å². The zero-order chi connectivity index (χ0) is 22.0. The molecule has 154 valence electrons. The number of imide groups is 1. The van der Waals surface area contributed by atoms with E-state index in [0.717, 1.165) is 10.5 Å². The van der Waals surface area contributed by atoms with Gasteiger partial charge in [-0.2, -0.15) is 0 Å². The van der Waals surface area contributed by atoms with Crippen LogP contribution in [0.25, 0.3) is 0 Å². The number of benzene rings is 3. The molecule has 0 aliphatic carbocycles. The van der Waals surface area contributed by atoms with Gasteiger partial charge in [-0.25, -0.2) is 9.69 Å². The van der Waals surface area contributed by atoms with Crippen molar-refractivity contribution in [3.05, 3.63) is 101 Å². The van der Waals surface area contributed by atoms with Crippen LogP contribution in [0.5, 0.6) is 5.75 Å². The van der Waals surface area contributed by atoms with Crippen LogP contribution in [0.3, 0.4) is 0 Å². The van der Waals surface area contributed by atoms with E-state index in [1.807, 2.05) is 19.1 Å². The van der Waals surface area contributed by atoms with Gasteiger partial charge in [0.25, 0.3) is 11.8 Å². The van der Waals surface area contributed by atoms with E-state index in [1.165, 1.54) is 0 Å². The molecule has 1 heterocycles. The number of nitrogens with zero attached hydrogens (tertiary/aromatic N) is 1. The number of nitrogens with one attached hydrogen (secondary N) is 1. The molecule has 2 amide bonds. The number of rotatable bonds is 5. The molecule has 0 fully saturated rings. The third-order valence-corrected chi connectivity index (χ3v) is 4.98. The fraction of sp³-hybridized carbons (Fsp3) is 0.0417. The Morgan fingerprint density at radius 1 is 0.903 bits per heavy atom. The van der Waals surface area contributed by atoms with Crippen LogP contribution in [-0.4, -0.2) is 17.8 Å². The summed E-state index contributed by atoms with van der Waals surface area (Å²) in [7, 11) is 0. The number of amides is 2. The predicted molar refractivity (Wildman–Crippen MR) is 118 cm³/mol. The summed E-state index contributed by atoms with van der Waals surface area (Å²) in [5, 5.41) is 2.69. The molecule has 6 nitrogen and oxygen atoms in total. The number of anilines is 2. The Balaban J connectivity index is 1.49. The number of ether oxygens (including phenoxy) is 1. The average Bonchev–Trinajstić information content (AvgIpc) is 2.98. The largest absolute Gasteiger partial charge is 0.423 e. The minimum Gasteiger partial charge on any atom is -0.423 e. The van der Waals surface area contributed by atoms with E-state index in [1.54, 1.807) is 66.7 Å². The Bertz CT molecular complexity index is 1200. The molecule has 0 bridgehead atoms. The number of halogens is 1. The maximum atomic E-state index is 12.8. The van der Waals surface area contributed by atoms with Crippen LogP contribution in [0.2, 0.25) is 0 Å². The molecule has 3 aromatic rings. The maximum Gasteiger partial charge on any atom is 0.343 e. The molecule has 3 aromatic carbocycles.